The lowest BCUT2D eigenvalue weighted by atomic mass is 10.0. The molecule has 0 radical (unpaired) electrons. The van der Waals surface area contributed by atoms with Crippen LogP contribution in [0.15, 0.2) is 36.4 Å². The highest BCUT2D eigenvalue weighted by atomic mass is 35.5. The molecule has 4 N–H and O–H groups in total. The van der Waals surface area contributed by atoms with Crippen LogP contribution in [0.25, 0.3) is 0 Å². The molecule has 0 unspecified atom stereocenters. The molecule has 17 heavy (non-hydrogen) atoms. The van der Waals surface area contributed by atoms with Gasteiger partial charge in [0, 0.05) is 27.8 Å². The number of nitrogens with two attached hydrogens (primary N) is 2. The molecule has 2 nitrogen and oxygen atoms in total. The van der Waals surface area contributed by atoms with E-state index in [2.05, 4.69) is 0 Å². The number of hydrogen-bond acceptors (Lipinski definition) is 2. The molecule has 0 aliphatic carbocycles. The van der Waals surface area contributed by atoms with Gasteiger partial charge in [-0.05, 0) is 35.4 Å². The van der Waals surface area contributed by atoms with Crippen molar-refractivity contribution in [3.05, 3.63) is 57.6 Å². The Balaban J connectivity index is 2.31. The van der Waals surface area contributed by atoms with E-state index in [4.69, 9.17) is 34.7 Å². The van der Waals surface area contributed by atoms with Crippen molar-refractivity contribution in [2.75, 3.05) is 11.5 Å². The summed E-state index contributed by atoms with van der Waals surface area (Å²) in [6.07, 6.45) is 0.673. The molecule has 0 spiro atoms. The van der Waals surface area contributed by atoms with Crippen LogP contribution in [0.5, 0.6) is 0 Å². The van der Waals surface area contributed by atoms with E-state index in [-0.39, 0.29) is 0 Å². The molecule has 0 aliphatic rings. The summed E-state index contributed by atoms with van der Waals surface area (Å²) in [5.41, 5.74) is 15.1. The molecule has 0 heterocycles. The zero-order chi connectivity index (χ0) is 12.4. The highest BCUT2D eigenvalue weighted by Gasteiger charge is 2.05. The second-order valence-electron chi connectivity index (χ2n) is 3.86. The highest BCUT2D eigenvalue weighted by molar-refractivity contribution is 6.31. The number of anilines is 2. The molecule has 2 aromatic carbocycles. The van der Waals surface area contributed by atoms with Gasteiger partial charge in [0.2, 0.25) is 0 Å². The van der Waals surface area contributed by atoms with E-state index >= 15 is 0 Å². The summed E-state index contributed by atoms with van der Waals surface area (Å²) in [6.45, 7) is 0. The van der Waals surface area contributed by atoms with Crippen LogP contribution in [-0.4, -0.2) is 0 Å². The van der Waals surface area contributed by atoms with Crippen LogP contribution in [0.4, 0.5) is 11.4 Å². The normalized spacial score (nSPS) is 10.5. The Bertz CT molecular complexity index is 504. The van der Waals surface area contributed by atoms with Crippen molar-refractivity contribution in [1.29, 1.82) is 0 Å². The average Bonchev–Trinajstić information content (AvgIpc) is 2.25. The molecule has 0 saturated heterocycles. The van der Waals surface area contributed by atoms with E-state index in [9.17, 15) is 0 Å². The second kappa shape index (κ2) is 4.86. The topological polar surface area (TPSA) is 52.0 Å². The molecule has 0 amide bonds. The van der Waals surface area contributed by atoms with Crippen LogP contribution in [0.1, 0.15) is 11.1 Å². The third kappa shape index (κ3) is 2.84. The largest absolute Gasteiger partial charge is 0.398 e. The quantitative estimate of drug-likeness (QED) is 0.814. The Morgan fingerprint density at radius 1 is 0.765 bits per heavy atom. The van der Waals surface area contributed by atoms with Crippen molar-refractivity contribution in [3.63, 3.8) is 0 Å². The summed E-state index contributed by atoms with van der Waals surface area (Å²) < 4.78 is 0. The molecular formula is C13H12Cl2N2. The standard InChI is InChI=1S/C13H12Cl2N2/c14-10-3-1-8(12(16)6-10)5-9-2-4-11(15)7-13(9)17/h1-4,6-7H,5,16-17H2. The minimum Gasteiger partial charge on any atom is -0.398 e. The summed E-state index contributed by atoms with van der Waals surface area (Å²) in [5, 5.41) is 1.27. The summed E-state index contributed by atoms with van der Waals surface area (Å²) in [6, 6.07) is 10.9. The van der Waals surface area contributed by atoms with Crippen molar-refractivity contribution < 1.29 is 0 Å². The zero-order valence-electron chi connectivity index (χ0n) is 9.08. The number of halogens is 2. The van der Waals surface area contributed by atoms with Gasteiger partial charge < -0.3 is 11.5 Å². The fourth-order valence-electron chi connectivity index (χ4n) is 1.66. The Hall–Kier alpha value is -1.38. The molecule has 2 rings (SSSR count). The Labute approximate surface area is 110 Å². The van der Waals surface area contributed by atoms with Crippen LogP contribution < -0.4 is 11.5 Å². The highest BCUT2D eigenvalue weighted by Crippen LogP contribution is 2.25. The number of hydrogen-bond donors (Lipinski definition) is 2. The first kappa shape index (κ1) is 12.1. The number of nitrogen functional groups attached to an aromatic ring is 2. The molecule has 0 saturated carbocycles. The third-order valence-corrected chi connectivity index (χ3v) is 3.07. The van der Waals surface area contributed by atoms with E-state index in [1.165, 1.54) is 0 Å². The maximum Gasteiger partial charge on any atom is 0.0426 e. The first-order valence-electron chi connectivity index (χ1n) is 5.14. The number of rotatable bonds is 2. The van der Waals surface area contributed by atoms with Gasteiger partial charge in [0.25, 0.3) is 0 Å². The monoisotopic (exact) mass is 266 g/mol. The third-order valence-electron chi connectivity index (χ3n) is 2.60. The molecule has 2 aromatic rings. The maximum atomic E-state index is 5.90. The Kier molecular flexibility index (Phi) is 3.46. The van der Waals surface area contributed by atoms with Gasteiger partial charge >= 0.3 is 0 Å². The molecular weight excluding hydrogens is 255 g/mol. The molecule has 0 aliphatic heterocycles. The van der Waals surface area contributed by atoms with E-state index in [1.807, 2.05) is 24.3 Å². The van der Waals surface area contributed by atoms with Crippen molar-refractivity contribution in [3.8, 4) is 0 Å². The summed E-state index contributed by atoms with van der Waals surface area (Å²) >= 11 is 11.7. The average molecular weight is 267 g/mol. The predicted octanol–water partition coefficient (Wildman–Crippen LogP) is 3.75. The van der Waals surface area contributed by atoms with E-state index in [0.717, 1.165) is 11.1 Å². The minimum absolute atomic E-state index is 0.635. The molecule has 0 bridgehead atoms. The molecule has 0 aromatic heterocycles. The van der Waals surface area contributed by atoms with E-state index < -0.39 is 0 Å². The van der Waals surface area contributed by atoms with Crippen LogP contribution in [0.2, 0.25) is 10.0 Å². The van der Waals surface area contributed by atoms with E-state index in [0.29, 0.717) is 27.8 Å². The predicted molar refractivity (Wildman–Crippen MR) is 74.5 cm³/mol. The van der Waals surface area contributed by atoms with Crippen molar-refractivity contribution >= 4 is 34.6 Å². The molecule has 0 atom stereocenters. The minimum atomic E-state index is 0.635. The summed E-state index contributed by atoms with van der Waals surface area (Å²) in [7, 11) is 0. The Morgan fingerprint density at radius 3 is 1.53 bits per heavy atom. The lowest BCUT2D eigenvalue weighted by molar-refractivity contribution is 1.20. The van der Waals surface area contributed by atoms with Crippen LogP contribution >= 0.6 is 23.2 Å². The van der Waals surface area contributed by atoms with Gasteiger partial charge in [-0.3, -0.25) is 0 Å². The molecule has 88 valence electrons. The van der Waals surface area contributed by atoms with Gasteiger partial charge in [-0.2, -0.15) is 0 Å². The first-order valence-corrected chi connectivity index (χ1v) is 5.89. The van der Waals surface area contributed by atoms with Crippen LogP contribution in [0.3, 0.4) is 0 Å². The van der Waals surface area contributed by atoms with Gasteiger partial charge in [0.05, 0.1) is 0 Å². The fourth-order valence-corrected chi connectivity index (χ4v) is 2.02. The second-order valence-corrected chi connectivity index (χ2v) is 4.74. The van der Waals surface area contributed by atoms with Crippen LogP contribution in [-0.2, 0) is 6.42 Å². The molecule has 4 heteroatoms. The maximum absolute atomic E-state index is 5.90. The van der Waals surface area contributed by atoms with Crippen molar-refractivity contribution in [2.45, 2.75) is 6.42 Å². The van der Waals surface area contributed by atoms with Gasteiger partial charge in [0.1, 0.15) is 0 Å². The van der Waals surface area contributed by atoms with Crippen molar-refractivity contribution in [1.82, 2.24) is 0 Å². The van der Waals surface area contributed by atoms with Crippen LogP contribution in [0, 0.1) is 0 Å². The van der Waals surface area contributed by atoms with Crippen molar-refractivity contribution in [2.24, 2.45) is 0 Å². The van der Waals surface area contributed by atoms with E-state index in [1.54, 1.807) is 12.1 Å². The number of benzene rings is 2. The SMILES string of the molecule is Nc1cc(Cl)ccc1Cc1ccc(Cl)cc1N. The van der Waals surface area contributed by atoms with Gasteiger partial charge in [-0.25, -0.2) is 0 Å². The Morgan fingerprint density at radius 2 is 1.18 bits per heavy atom. The first-order chi connectivity index (χ1) is 8.06. The smallest absolute Gasteiger partial charge is 0.0426 e. The zero-order valence-corrected chi connectivity index (χ0v) is 10.6. The van der Waals surface area contributed by atoms with Gasteiger partial charge in [0.15, 0.2) is 0 Å². The summed E-state index contributed by atoms with van der Waals surface area (Å²) in [4.78, 5) is 0. The summed E-state index contributed by atoms with van der Waals surface area (Å²) in [5.74, 6) is 0. The lowest BCUT2D eigenvalue weighted by Gasteiger charge is -2.09. The molecule has 0 fully saturated rings. The van der Waals surface area contributed by atoms with Gasteiger partial charge in [-0.15, -0.1) is 0 Å². The fraction of sp³-hybridized carbons (Fsp3) is 0.0769. The lowest BCUT2D eigenvalue weighted by Crippen LogP contribution is -1.99. The van der Waals surface area contributed by atoms with Gasteiger partial charge in [-0.1, -0.05) is 35.3 Å².